The fraction of sp³-hybridized carbons (Fsp3) is 0.708. The third-order valence-electron chi connectivity index (χ3n) is 10.5. The Hall–Kier alpha value is -3.06. The molecule has 0 aromatic rings. The summed E-state index contributed by atoms with van der Waals surface area (Å²) in [7, 11) is 0. The maximum atomic E-state index is 12.9. The first-order valence-corrected chi connectivity index (χ1v) is 23.1. The number of aliphatic hydroxyl groups excluding tert-OH is 7. The number of hydrogen-bond donors (Lipinski definition) is 7. The van der Waals surface area contributed by atoms with E-state index >= 15 is 0 Å². The molecule has 15 heteroatoms. The van der Waals surface area contributed by atoms with Gasteiger partial charge in [-0.1, -0.05) is 119 Å². The SMILES string of the molecule is CC/C=C/C=C/C=C/CCCCCCCC(=O)OC(COC(=O)CCCCCC/C=C/C/C=C/C/C=C/CC)CO[C@@H]1O[C@H](CO[C@@H]2O[C@H](CO)[C@H](O)C(O)C2O)[C@H](O)C(O)C1O. The summed E-state index contributed by atoms with van der Waals surface area (Å²) >= 11 is 0. The van der Waals surface area contributed by atoms with Gasteiger partial charge in [0.2, 0.25) is 0 Å². The Labute approximate surface area is 374 Å². The highest BCUT2D eigenvalue weighted by Crippen LogP contribution is 2.26. The number of aliphatic hydroxyl groups is 7. The number of carbonyl (C=O) groups excluding carboxylic acids is 2. The largest absolute Gasteiger partial charge is 0.462 e. The number of ether oxygens (including phenoxy) is 6. The van der Waals surface area contributed by atoms with Crippen LogP contribution in [-0.4, -0.2) is 142 Å². The summed E-state index contributed by atoms with van der Waals surface area (Å²) in [4.78, 5) is 25.6. The maximum absolute atomic E-state index is 12.9. The predicted octanol–water partition coefficient (Wildman–Crippen LogP) is 5.09. The van der Waals surface area contributed by atoms with E-state index in [1.807, 2.05) is 24.3 Å². The highest BCUT2D eigenvalue weighted by Gasteiger charge is 2.47. The fourth-order valence-corrected chi connectivity index (χ4v) is 6.70. The summed E-state index contributed by atoms with van der Waals surface area (Å²) in [6.45, 7) is 2.25. The van der Waals surface area contributed by atoms with Crippen molar-refractivity contribution in [2.45, 2.75) is 191 Å². The summed E-state index contributed by atoms with van der Waals surface area (Å²) in [6.07, 6.45) is 22.3. The average Bonchev–Trinajstić information content (AvgIpc) is 3.28. The van der Waals surface area contributed by atoms with E-state index in [9.17, 15) is 45.3 Å². The second-order valence-electron chi connectivity index (χ2n) is 15.9. The van der Waals surface area contributed by atoms with Crippen molar-refractivity contribution >= 4 is 11.9 Å². The van der Waals surface area contributed by atoms with Gasteiger partial charge in [0.25, 0.3) is 0 Å². The van der Waals surface area contributed by atoms with Crippen molar-refractivity contribution in [1.29, 1.82) is 0 Å². The van der Waals surface area contributed by atoms with Crippen LogP contribution in [0.4, 0.5) is 0 Å². The van der Waals surface area contributed by atoms with E-state index in [0.717, 1.165) is 83.5 Å². The van der Waals surface area contributed by atoms with Gasteiger partial charge in [-0.2, -0.15) is 0 Å². The van der Waals surface area contributed by atoms with Gasteiger partial charge in [0.1, 0.15) is 55.4 Å². The molecule has 2 fully saturated rings. The number of allylic oxidation sites excluding steroid dienone is 12. The molecule has 0 saturated carbocycles. The second kappa shape index (κ2) is 35.2. The zero-order chi connectivity index (χ0) is 46.1. The Morgan fingerprint density at radius 1 is 0.524 bits per heavy atom. The van der Waals surface area contributed by atoms with Crippen molar-refractivity contribution < 1.29 is 73.8 Å². The van der Waals surface area contributed by atoms with Gasteiger partial charge in [-0.25, -0.2) is 0 Å². The van der Waals surface area contributed by atoms with Gasteiger partial charge < -0.3 is 64.2 Å². The van der Waals surface area contributed by atoms with E-state index in [0.29, 0.717) is 12.8 Å². The van der Waals surface area contributed by atoms with Gasteiger partial charge in [-0.3, -0.25) is 9.59 Å². The molecule has 0 aromatic heterocycles. The van der Waals surface area contributed by atoms with E-state index < -0.39 is 99.3 Å². The van der Waals surface area contributed by atoms with E-state index in [-0.39, 0.29) is 19.4 Å². The average molecular weight is 895 g/mol. The number of rotatable bonds is 33. The lowest BCUT2D eigenvalue weighted by atomic mass is 9.98. The topological polar surface area (TPSA) is 231 Å². The zero-order valence-corrected chi connectivity index (χ0v) is 37.5. The molecular weight excluding hydrogens is 817 g/mol. The van der Waals surface area contributed by atoms with Crippen molar-refractivity contribution in [2.75, 3.05) is 26.4 Å². The Kier molecular flexibility index (Phi) is 31.4. The smallest absolute Gasteiger partial charge is 0.306 e. The molecule has 0 bridgehead atoms. The molecule has 0 amide bonds. The van der Waals surface area contributed by atoms with Crippen molar-refractivity contribution in [1.82, 2.24) is 0 Å². The lowest BCUT2D eigenvalue weighted by Crippen LogP contribution is -2.61. The third-order valence-corrected chi connectivity index (χ3v) is 10.5. The van der Waals surface area contributed by atoms with Gasteiger partial charge >= 0.3 is 11.9 Å². The van der Waals surface area contributed by atoms with Crippen LogP contribution in [0.1, 0.15) is 123 Å². The van der Waals surface area contributed by atoms with Crippen molar-refractivity contribution in [2.24, 2.45) is 0 Å². The van der Waals surface area contributed by atoms with E-state index in [2.05, 4.69) is 62.5 Å². The predicted molar refractivity (Wildman–Crippen MR) is 238 cm³/mol. The lowest BCUT2D eigenvalue weighted by Gasteiger charge is -2.42. The first-order chi connectivity index (χ1) is 30.5. The van der Waals surface area contributed by atoms with Gasteiger partial charge in [-0.15, -0.1) is 0 Å². The Morgan fingerprint density at radius 3 is 1.67 bits per heavy atom. The summed E-state index contributed by atoms with van der Waals surface area (Å²) < 4.78 is 33.4. The highest BCUT2D eigenvalue weighted by atomic mass is 16.7. The number of unbranched alkanes of at least 4 members (excludes halogenated alkanes) is 9. The summed E-state index contributed by atoms with van der Waals surface area (Å²) in [5, 5.41) is 71.9. The maximum Gasteiger partial charge on any atom is 0.306 e. The van der Waals surface area contributed by atoms with Crippen LogP contribution in [0.15, 0.2) is 72.9 Å². The van der Waals surface area contributed by atoms with Crippen molar-refractivity contribution in [3.8, 4) is 0 Å². The molecule has 11 atom stereocenters. The first kappa shape index (κ1) is 56.1. The highest BCUT2D eigenvalue weighted by molar-refractivity contribution is 5.70. The minimum atomic E-state index is -1.78. The van der Waals surface area contributed by atoms with Gasteiger partial charge in [0.15, 0.2) is 18.7 Å². The Morgan fingerprint density at radius 2 is 1.03 bits per heavy atom. The van der Waals surface area contributed by atoms with Crippen molar-refractivity contribution in [3.05, 3.63) is 72.9 Å². The van der Waals surface area contributed by atoms with Gasteiger partial charge in [-0.05, 0) is 64.2 Å². The molecule has 2 aliphatic heterocycles. The van der Waals surface area contributed by atoms with Crippen LogP contribution in [0.25, 0.3) is 0 Å². The van der Waals surface area contributed by atoms with Crippen molar-refractivity contribution in [3.63, 3.8) is 0 Å². The van der Waals surface area contributed by atoms with Crippen LogP contribution < -0.4 is 0 Å². The molecule has 2 saturated heterocycles. The van der Waals surface area contributed by atoms with Crippen LogP contribution in [0.2, 0.25) is 0 Å². The molecule has 7 N–H and O–H groups in total. The van der Waals surface area contributed by atoms with Crippen LogP contribution in [0.5, 0.6) is 0 Å². The summed E-state index contributed by atoms with van der Waals surface area (Å²) in [5.74, 6) is -0.985. The molecule has 0 spiro atoms. The molecule has 0 radical (unpaired) electrons. The molecule has 5 unspecified atom stereocenters. The lowest BCUT2D eigenvalue weighted by molar-refractivity contribution is -0.332. The molecule has 0 aromatic carbocycles. The molecule has 2 aliphatic rings. The number of esters is 2. The molecule has 0 aliphatic carbocycles. The molecule has 63 heavy (non-hydrogen) atoms. The minimum absolute atomic E-state index is 0.133. The Balaban J connectivity index is 1.87. The molecular formula is C48H78O15. The summed E-state index contributed by atoms with van der Waals surface area (Å²) in [6, 6.07) is 0. The molecule has 2 heterocycles. The molecule has 2 rings (SSSR count). The van der Waals surface area contributed by atoms with Crippen LogP contribution in [-0.2, 0) is 38.0 Å². The van der Waals surface area contributed by atoms with E-state index in [1.165, 1.54) is 0 Å². The quantitative estimate of drug-likeness (QED) is 0.0197. The Bertz CT molecular complexity index is 1380. The fourth-order valence-electron chi connectivity index (χ4n) is 6.70. The standard InChI is InChI=1S/C48H78O15/c1-3-5-7-9-11-13-15-17-19-20-22-24-26-28-30-39(50)58-33-36(61-40(51)31-29-27-25-23-21-18-16-14-12-10-8-6-4-2)34-59-47-46(57)44(55)42(53)38(63-47)35-60-48-45(56)43(54)41(52)37(32-49)62-48/h5-8,10-14,16-17,19,36-38,41-49,52-57H,3-4,9,15,18,20-35H2,1-2H3/b7-5+,8-6+,12-10+,13-11+,16-14+,19-17+/t36?,37-,38-,41+,42+,43?,44?,45?,46?,47-,48-/m1/s1. The van der Waals surface area contributed by atoms with Crippen LogP contribution in [0, 0.1) is 0 Å². The van der Waals surface area contributed by atoms with E-state index in [1.54, 1.807) is 0 Å². The zero-order valence-electron chi connectivity index (χ0n) is 37.5. The van der Waals surface area contributed by atoms with E-state index in [4.69, 9.17) is 28.4 Å². The summed E-state index contributed by atoms with van der Waals surface area (Å²) in [5.41, 5.74) is 0. The van der Waals surface area contributed by atoms with Crippen LogP contribution in [0.3, 0.4) is 0 Å². The first-order valence-electron chi connectivity index (χ1n) is 23.1. The van der Waals surface area contributed by atoms with Gasteiger partial charge in [0.05, 0.1) is 19.8 Å². The minimum Gasteiger partial charge on any atom is -0.462 e. The van der Waals surface area contributed by atoms with Gasteiger partial charge in [0, 0.05) is 12.8 Å². The van der Waals surface area contributed by atoms with Crippen LogP contribution >= 0.6 is 0 Å². The third kappa shape index (κ3) is 24.2. The molecule has 360 valence electrons. The second-order valence-corrected chi connectivity index (χ2v) is 15.9. The normalized spacial score (nSPS) is 27.5. The molecule has 15 nitrogen and oxygen atoms in total. The number of carbonyl (C=O) groups is 2. The monoisotopic (exact) mass is 895 g/mol. The number of hydrogen-bond acceptors (Lipinski definition) is 15.